The maximum atomic E-state index is 13.2. The smallest absolute Gasteiger partial charge is 0.407 e. The van der Waals surface area contributed by atoms with Crippen molar-refractivity contribution in [1.82, 2.24) is 15.1 Å². The number of carbonyl (C=O) groups excluding carboxylic acids is 2. The average molecular weight is 482 g/mol. The second-order valence-corrected chi connectivity index (χ2v) is 9.43. The summed E-state index contributed by atoms with van der Waals surface area (Å²) < 4.78 is 11.0. The molecule has 9 heteroatoms. The normalized spacial score (nSPS) is 20.2. The molecule has 0 spiro atoms. The summed E-state index contributed by atoms with van der Waals surface area (Å²) in [5.74, 6) is -1.60. The van der Waals surface area contributed by atoms with Crippen molar-refractivity contribution in [3.8, 4) is 11.1 Å². The Balaban J connectivity index is 1.43. The quantitative estimate of drug-likeness (QED) is 0.624. The summed E-state index contributed by atoms with van der Waals surface area (Å²) >= 11 is 0. The van der Waals surface area contributed by atoms with Gasteiger partial charge in [0, 0.05) is 19.0 Å². The Morgan fingerprint density at radius 2 is 1.74 bits per heavy atom. The molecule has 4 rings (SSSR count). The molecule has 1 heterocycles. The van der Waals surface area contributed by atoms with Crippen molar-refractivity contribution in [2.45, 2.75) is 24.5 Å². The van der Waals surface area contributed by atoms with Crippen LogP contribution in [0.3, 0.4) is 0 Å². The van der Waals surface area contributed by atoms with Crippen molar-refractivity contribution in [1.29, 1.82) is 0 Å². The summed E-state index contributed by atoms with van der Waals surface area (Å²) in [5.41, 5.74) is 2.98. The van der Waals surface area contributed by atoms with Gasteiger partial charge in [-0.1, -0.05) is 48.5 Å². The van der Waals surface area contributed by atoms with Crippen molar-refractivity contribution in [3.63, 3.8) is 0 Å². The molecule has 0 saturated carbocycles. The maximum absolute atomic E-state index is 13.2. The highest BCUT2D eigenvalue weighted by molar-refractivity contribution is 5.87. The Morgan fingerprint density at radius 3 is 2.31 bits per heavy atom. The van der Waals surface area contributed by atoms with E-state index in [9.17, 15) is 19.5 Å². The number of carboxylic acid groups (broad SMARTS) is 1. The van der Waals surface area contributed by atoms with Crippen LogP contribution in [-0.2, 0) is 19.1 Å². The van der Waals surface area contributed by atoms with E-state index < -0.39 is 23.7 Å². The molecule has 2 atom stereocenters. The lowest BCUT2D eigenvalue weighted by atomic mass is 9.98. The molecule has 1 fully saturated rings. The highest BCUT2D eigenvalue weighted by atomic mass is 16.5. The minimum Gasteiger partial charge on any atom is -0.479 e. The first kappa shape index (κ1) is 24.7. The van der Waals surface area contributed by atoms with Crippen molar-refractivity contribution in [2.75, 3.05) is 46.9 Å². The highest BCUT2D eigenvalue weighted by Gasteiger charge is 2.42. The van der Waals surface area contributed by atoms with Gasteiger partial charge in [-0.3, -0.25) is 4.79 Å². The lowest BCUT2D eigenvalue weighted by molar-refractivity contribution is -0.177. The lowest BCUT2D eigenvalue weighted by Gasteiger charge is -2.39. The molecule has 2 aliphatic rings. The van der Waals surface area contributed by atoms with E-state index in [1.807, 2.05) is 36.4 Å². The van der Waals surface area contributed by atoms with Crippen LogP contribution in [0, 0.1) is 0 Å². The highest BCUT2D eigenvalue weighted by Crippen LogP contribution is 2.44. The predicted octanol–water partition coefficient (Wildman–Crippen LogP) is 2.16. The minimum atomic E-state index is -1.49. The molecule has 0 aromatic heterocycles. The molecule has 2 amide bonds. The Bertz CT molecular complexity index is 1070. The summed E-state index contributed by atoms with van der Waals surface area (Å²) in [7, 11) is 3.58. The number of morpholine rings is 1. The molecule has 1 saturated heterocycles. The van der Waals surface area contributed by atoms with E-state index in [-0.39, 0.29) is 44.7 Å². The van der Waals surface area contributed by atoms with Gasteiger partial charge in [0.1, 0.15) is 12.6 Å². The third-order valence-corrected chi connectivity index (χ3v) is 6.52. The SMILES string of the molecule is CN(C)C[C@H](NC(=O)OCC1c2ccccc2-c2ccccc21)C(=O)N1CCOC(C)(C(=O)O)C1. The van der Waals surface area contributed by atoms with Crippen LogP contribution in [-0.4, -0.2) is 91.5 Å². The molecular weight excluding hydrogens is 450 g/mol. The fourth-order valence-corrected chi connectivity index (χ4v) is 4.74. The van der Waals surface area contributed by atoms with Crippen LogP contribution in [0.4, 0.5) is 4.79 Å². The zero-order chi connectivity index (χ0) is 25.2. The van der Waals surface area contributed by atoms with Crippen molar-refractivity contribution >= 4 is 18.0 Å². The standard InChI is InChI=1S/C26H31N3O6/c1-26(24(31)32)16-29(12-13-35-26)23(30)22(14-28(2)3)27-25(33)34-15-21-19-10-6-4-8-17(19)18-9-5-7-11-20(18)21/h4-11,21-22H,12-16H2,1-3H3,(H,27,33)(H,31,32)/t22-,26?/m0/s1. The summed E-state index contributed by atoms with van der Waals surface area (Å²) in [6.07, 6.45) is -0.693. The number of likely N-dealkylation sites (N-methyl/N-ethyl adjacent to an activating group) is 1. The van der Waals surface area contributed by atoms with Crippen LogP contribution in [0.2, 0.25) is 0 Å². The molecule has 1 unspecified atom stereocenters. The number of nitrogens with one attached hydrogen (secondary N) is 1. The Labute approximate surface area is 204 Å². The number of nitrogens with zero attached hydrogens (tertiary/aromatic N) is 2. The fraction of sp³-hybridized carbons (Fsp3) is 0.423. The van der Waals surface area contributed by atoms with Crippen LogP contribution in [0.1, 0.15) is 24.0 Å². The van der Waals surface area contributed by atoms with Gasteiger partial charge in [-0.15, -0.1) is 0 Å². The van der Waals surface area contributed by atoms with Gasteiger partial charge >= 0.3 is 12.1 Å². The second-order valence-electron chi connectivity index (χ2n) is 9.43. The fourth-order valence-electron chi connectivity index (χ4n) is 4.74. The molecule has 1 aliphatic heterocycles. The van der Waals surface area contributed by atoms with E-state index in [2.05, 4.69) is 17.4 Å². The van der Waals surface area contributed by atoms with Crippen LogP contribution in [0.25, 0.3) is 11.1 Å². The molecule has 0 bridgehead atoms. The van der Waals surface area contributed by atoms with Crippen LogP contribution in [0.5, 0.6) is 0 Å². The van der Waals surface area contributed by atoms with Gasteiger partial charge in [-0.25, -0.2) is 9.59 Å². The van der Waals surface area contributed by atoms with Crippen LogP contribution in [0.15, 0.2) is 48.5 Å². The number of alkyl carbamates (subject to hydrolysis) is 1. The molecule has 186 valence electrons. The van der Waals surface area contributed by atoms with Crippen molar-refractivity contribution in [2.24, 2.45) is 0 Å². The summed E-state index contributed by atoms with van der Waals surface area (Å²) in [6.45, 7) is 2.07. The Kier molecular flexibility index (Phi) is 7.09. The average Bonchev–Trinajstić information content (AvgIpc) is 3.15. The van der Waals surface area contributed by atoms with Gasteiger partial charge in [-0.2, -0.15) is 0 Å². The topological polar surface area (TPSA) is 108 Å². The molecule has 2 aromatic rings. The number of amides is 2. The monoisotopic (exact) mass is 481 g/mol. The van der Waals surface area contributed by atoms with Crippen molar-refractivity contribution in [3.05, 3.63) is 59.7 Å². The summed E-state index contributed by atoms with van der Waals surface area (Å²) in [4.78, 5) is 40.8. The zero-order valence-electron chi connectivity index (χ0n) is 20.2. The largest absolute Gasteiger partial charge is 0.479 e. The number of fused-ring (bicyclic) bond motifs is 3. The first-order valence-electron chi connectivity index (χ1n) is 11.6. The van der Waals surface area contributed by atoms with Crippen LogP contribution < -0.4 is 5.32 Å². The van der Waals surface area contributed by atoms with Gasteiger partial charge in [0.2, 0.25) is 5.91 Å². The van der Waals surface area contributed by atoms with Crippen LogP contribution >= 0.6 is 0 Å². The van der Waals surface area contributed by atoms with Gasteiger partial charge in [0.05, 0.1) is 13.2 Å². The summed E-state index contributed by atoms with van der Waals surface area (Å²) in [5, 5.41) is 12.2. The minimum absolute atomic E-state index is 0.0910. The van der Waals surface area contributed by atoms with Gasteiger partial charge in [0.25, 0.3) is 0 Å². The predicted molar refractivity (Wildman–Crippen MR) is 129 cm³/mol. The van der Waals surface area contributed by atoms with E-state index >= 15 is 0 Å². The van der Waals surface area contributed by atoms with Gasteiger partial charge in [0.15, 0.2) is 5.60 Å². The van der Waals surface area contributed by atoms with Gasteiger partial charge in [-0.05, 0) is 43.3 Å². The number of ether oxygens (including phenoxy) is 2. The van der Waals surface area contributed by atoms with E-state index in [0.717, 1.165) is 22.3 Å². The maximum Gasteiger partial charge on any atom is 0.407 e. The van der Waals surface area contributed by atoms with E-state index in [1.54, 1.807) is 19.0 Å². The lowest BCUT2D eigenvalue weighted by Crippen LogP contribution is -2.61. The molecule has 35 heavy (non-hydrogen) atoms. The molecule has 9 nitrogen and oxygen atoms in total. The Morgan fingerprint density at radius 1 is 1.14 bits per heavy atom. The number of aliphatic carboxylic acids is 1. The zero-order valence-corrected chi connectivity index (χ0v) is 20.2. The number of hydrogen-bond donors (Lipinski definition) is 2. The second kappa shape index (κ2) is 10.1. The third kappa shape index (κ3) is 5.16. The molecule has 0 radical (unpaired) electrons. The molecule has 1 aliphatic carbocycles. The first-order chi connectivity index (χ1) is 16.7. The number of hydrogen-bond acceptors (Lipinski definition) is 6. The van der Waals surface area contributed by atoms with E-state index in [1.165, 1.54) is 11.8 Å². The number of carbonyl (C=O) groups is 3. The van der Waals surface area contributed by atoms with E-state index in [4.69, 9.17) is 9.47 Å². The molecular formula is C26H31N3O6. The number of carboxylic acids is 1. The van der Waals surface area contributed by atoms with Gasteiger partial charge < -0.3 is 29.7 Å². The first-order valence-corrected chi connectivity index (χ1v) is 11.6. The number of rotatable bonds is 7. The van der Waals surface area contributed by atoms with Crippen molar-refractivity contribution < 1.29 is 29.0 Å². The number of benzene rings is 2. The van der Waals surface area contributed by atoms with E-state index in [0.29, 0.717) is 0 Å². The molecule has 2 N–H and O–H groups in total. The Hall–Kier alpha value is -3.43. The molecule has 2 aromatic carbocycles. The third-order valence-electron chi connectivity index (χ3n) is 6.52. The summed E-state index contributed by atoms with van der Waals surface area (Å²) in [6, 6.07) is 15.2.